The maximum Gasteiger partial charge on any atom is 0.228 e. The molecular formula is C24H20N4O2. The van der Waals surface area contributed by atoms with Crippen LogP contribution >= 0.6 is 0 Å². The minimum Gasteiger partial charge on any atom is -0.373 e. The average molecular weight is 396 g/mol. The van der Waals surface area contributed by atoms with Crippen molar-refractivity contribution in [3.05, 3.63) is 58.9 Å². The van der Waals surface area contributed by atoms with E-state index in [1.807, 2.05) is 31.3 Å². The second-order valence-electron chi connectivity index (χ2n) is 7.69. The van der Waals surface area contributed by atoms with Crippen LogP contribution in [0.5, 0.6) is 0 Å². The molecule has 30 heavy (non-hydrogen) atoms. The molecule has 2 aromatic heterocycles. The van der Waals surface area contributed by atoms with Gasteiger partial charge in [-0.25, -0.2) is 9.97 Å². The Labute approximate surface area is 174 Å². The third kappa shape index (κ3) is 3.39. The molecule has 0 aliphatic heterocycles. The first-order chi connectivity index (χ1) is 14.6. The first kappa shape index (κ1) is 18.3. The zero-order valence-corrected chi connectivity index (χ0v) is 16.6. The molecule has 1 fully saturated rings. The topological polar surface area (TPSA) is 84.0 Å². The molecule has 148 valence electrons. The van der Waals surface area contributed by atoms with E-state index >= 15 is 0 Å². The van der Waals surface area contributed by atoms with Crippen molar-refractivity contribution < 1.29 is 9.59 Å². The molecule has 0 unspecified atom stereocenters. The summed E-state index contributed by atoms with van der Waals surface area (Å²) in [5.74, 6) is 7.96. The molecule has 5 rings (SSSR count). The molecule has 1 aromatic carbocycles. The SMILES string of the molecule is CNc1ncc(C#Cc2ccc3c(c2)CCC3=O)c2cc(NC(=O)C3CC3)ncc12. The number of aryl methyl sites for hydroxylation is 1. The van der Waals surface area contributed by atoms with Crippen LogP contribution in [-0.4, -0.2) is 28.7 Å². The first-order valence-electron chi connectivity index (χ1n) is 10.1. The monoisotopic (exact) mass is 396 g/mol. The van der Waals surface area contributed by atoms with Gasteiger partial charge < -0.3 is 10.6 Å². The highest BCUT2D eigenvalue weighted by molar-refractivity contribution is 6.01. The Hall–Kier alpha value is -3.72. The van der Waals surface area contributed by atoms with Gasteiger partial charge in [-0.1, -0.05) is 11.8 Å². The van der Waals surface area contributed by atoms with Crippen LogP contribution < -0.4 is 10.6 Å². The van der Waals surface area contributed by atoms with Crippen LogP contribution in [0.1, 0.15) is 46.3 Å². The Morgan fingerprint density at radius 2 is 1.93 bits per heavy atom. The number of benzene rings is 1. The lowest BCUT2D eigenvalue weighted by Crippen LogP contribution is -2.14. The highest BCUT2D eigenvalue weighted by Gasteiger charge is 2.29. The quantitative estimate of drug-likeness (QED) is 0.662. The molecule has 1 amide bonds. The molecular weight excluding hydrogens is 376 g/mol. The number of ketones is 1. The fraction of sp³-hybridized carbons (Fsp3) is 0.250. The summed E-state index contributed by atoms with van der Waals surface area (Å²) in [5.41, 5.74) is 3.50. The molecule has 2 aliphatic carbocycles. The summed E-state index contributed by atoms with van der Waals surface area (Å²) in [6.45, 7) is 0. The Kier molecular flexibility index (Phi) is 4.44. The number of Topliss-reactive ketones (excluding diaryl/α,β-unsaturated/α-hetero) is 1. The van der Waals surface area contributed by atoms with E-state index < -0.39 is 0 Å². The lowest BCUT2D eigenvalue weighted by Gasteiger charge is -2.09. The average Bonchev–Trinajstić information content (AvgIpc) is 3.55. The summed E-state index contributed by atoms with van der Waals surface area (Å²) in [7, 11) is 1.81. The van der Waals surface area contributed by atoms with Gasteiger partial charge in [0, 0.05) is 53.7 Å². The third-order valence-electron chi connectivity index (χ3n) is 5.58. The summed E-state index contributed by atoms with van der Waals surface area (Å²) >= 11 is 0. The van der Waals surface area contributed by atoms with Gasteiger partial charge >= 0.3 is 0 Å². The van der Waals surface area contributed by atoms with Gasteiger partial charge in [0.15, 0.2) is 5.78 Å². The van der Waals surface area contributed by atoms with Crippen LogP contribution in [0.25, 0.3) is 10.8 Å². The summed E-state index contributed by atoms with van der Waals surface area (Å²) in [6.07, 6.45) is 6.68. The van der Waals surface area contributed by atoms with E-state index in [2.05, 4.69) is 32.4 Å². The van der Waals surface area contributed by atoms with Crippen molar-refractivity contribution in [1.82, 2.24) is 9.97 Å². The van der Waals surface area contributed by atoms with Crippen LogP contribution in [0.4, 0.5) is 11.6 Å². The first-order valence-corrected chi connectivity index (χ1v) is 10.1. The van der Waals surface area contributed by atoms with E-state index in [9.17, 15) is 9.59 Å². The van der Waals surface area contributed by atoms with Crippen molar-refractivity contribution in [2.24, 2.45) is 5.92 Å². The Bertz CT molecular complexity index is 1270. The molecule has 2 N–H and O–H groups in total. The van der Waals surface area contributed by atoms with Gasteiger partial charge in [0.1, 0.15) is 11.6 Å². The van der Waals surface area contributed by atoms with Crippen LogP contribution in [0.15, 0.2) is 36.7 Å². The van der Waals surface area contributed by atoms with Gasteiger partial charge in [0.2, 0.25) is 5.91 Å². The third-order valence-corrected chi connectivity index (χ3v) is 5.58. The number of pyridine rings is 2. The van der Waals surface area contributed by atoms with E-state index in [1.165, 1.54) is 0 Å². The smallest absolute Gasteiger partial charge is 0.228 e. The van der Waals surface area contributed by atoms with Crippen molar-refractivity contribution in [3.63, 3.8) is 0 Å². The van der Waals surface area contributed by atoms with Crippen molar-refractivity contribution in [1.29, 1.82) is 0 Å². The zero-order chi connectivity index (χ0) is 20.7. The van der Waals surface area contributed by atoms with Gasteiger partial charge in [-0.05, 0) is 49.1 Å². The number of hydrogen-bond acceptors (Lipinski definition) is 5. The van der Waals surface area contributed by atoms with E-state index in [0.717, 1.165) is 52.3 Å². The maximum atomic E-state index is 12.1. The number of nitrogens with one attached hydrogen (secondary N) is 2. The van der Waals surface area contributed by atoms with Gasteiger partial charge in [-0.3, -0.25) is 9.59 Å². The number of aromatic nitrogens is 2. The second kappa shape index (κ2) is 7.27. The lowest BCUT2D eigenvalue weighted by molar-refractivity contribution is -0.117. The number of rotatable bonds is 3. The number of carbonyl (C=O) groups is 2. The van der Waals surface area contributed by atoms with Gasteiger partial charge in [-0.15, -0.1) is 0 Å². The van der Waals surface area contributed by atoms with Gasteiger partial charge in [0.05, 0.1) is 5.56 Å². The van der Waals surface area contributed by atoms with Crippen LogP contribution in [0.2, 0.25) is 0 Å². The largest absolute Gasteiger partial charge is 0.373 e. The van der Waals surface area contributed by atoms with Crippen molar-refractivity contribution in [3.8, 4) is 11.8 Å². The number of nitrogens with zero attached hydrogens (tertiary/aromatic N) is 2. The zero-order valence-electron chi connectivity index (χ0n) is 16.6. The van der Waals surface area contributed by atoms with Crippen molar-refractivity contribution in [2.75, 3.05) is 17.7 Å². The van der Waals surface area contributed by atoms with Gasteiger partial charge in [-0.2, -0.15) is 0 Å². The van der Waals surface area contributed by atoms with E-state index in [1.54, 1.807) is 12.4 Å². The van der Waals surface area contributed by atoms with E-state index in [-0.39, 0.29) is 17.6 Å². The Morgan fingerprint density at radius 1 is 1.07 bits per heavy atom. The number of fused-ring (bicyclic) bond motifs is 2. The summed E-state index contributed by atoms with van der Waals surface area (Å²) < 4.78 is 0. The molecule has 2 heterocycles. The van der Waals surface area contributed by atoms with E-state index in [0.29, 0.717) is 18.1 Å². The fourth-order valence-corrected chi connectivity index (χ4v) is 3.75. The maximum absolute atomic E-state index is 12.1. The van der Waals surface area contributed by atoms with Crippen LogP contribution in [0.3, 0.4) is 0 Å². The number of amides is 1. The Balaban J connectivity index is 1.53. The fourth-order valence-electron chi connectivity index (χ4n) is 3.75. The molecule has 6 nitrogen and oxygen atoms in total. The minimum absolute atomic E-state index is 0.0186. The molecule has 0 bridgehead atoms. The molecule has 1 saturated carbocycles. The lowest BCUT2D eigenvalue weighted by atomic mass is 10.1. The summed E-state index contributed by atoms with van der Waals surface area (Å²) in [6, 6.07) is 7.59. The van der Waals surface area contributed by atoms with Crippen LogP contribution in [-0.2, 0) is 11.2 Å². The van der Waals surface area contributed by atoms with E-state index in [4.69, 9.17) is 0 Å². The van der Waals surface area contributed by atoms with Crippen molar-refractivity contribution in [2.45, 2.75) is 25.7 Å². The molecule has 2 aliphatic rings. The number of carbonyl (C=O) groups excluding carboxylic acids is 2. The standard InChI is InChI=1S/C24H20N4O2/c1-25-23-20-13-26-22(28-24(30)15-5-6-15)11-19(20)17(12-27-23)4-2-14-3-8-18-16(10-14)7-9-21(18)29/h3,8,10-13,15H,5-7,9H2,1H3,(H,25,27)(H,26,28,30). The second-order valence-corrected chi connectivity index (χ2v) is 7.69. The Morgan fingerprint density at radius 3 is 2.73 bits per heavy atom. The molecule has 0 spiro atoms. The number of hydrogen-bond donors (Lipinski definition) is 2. The molecule has 3 aromatic rings. The minimum atomic E-state index is 0.0186. The normalized spacial score (nSPS) is 14.8. The highest BCUT2D eigenvalue weighted by atomic mass is 16.2. The molecule has 6 heteroatoms. The molecule has 0 saturated heterocycles. The highest BCUT2D eigenvalue weighted by Crippen LogP contribution is 2.31. The predicted molar refractivity (Wildman–Crippen MR) is 116 cm³/mol. The summed E-state index contributed by atoms with van der Waals surface area (Å²) in [4.78, 5) is 32.8. The van der Waals surface area contributed by atoms with Crippen molar-refractivity contribution >= 4 is 34.1 Å². The predicted octanol–water partition coefficient (Wildman–Crippen LogP) is 3.55. The molecule has 0 radical (unpaired) electrons. The number of anilines is 2. The molecule has 0 atom stereocenters. The van der Waals surface area contributed by atoms with Crippen LogP contribution in [0, 0.1) is 17.8 Å². The van der Waals surface area contributed by atoms with Gasteiger partial charge in [0.25, 0.3) is 0 Å². The summed E-state index contributed by atoms with van der Waals surface area (Å²) in [5, 5.41) is 7.68.